The van der Waals surface area contributed by atoms with E-state index in [9.17, 15) is 14.7 Å². The molecule has 0 saturated carbocycles. The average Bonchev–Trinajstić information content (AvgIpc) is 2.82. The lowest BCUT2D eigenvalue weighted by Gasteiger charge is -2.22. The largest absolute Gasteiger partial charge is 0.494 e. The molecule has 2 N–H and O–H groups in total. The van der Waals surface area contributed by atoms with E-state index in [2.05, 4.69) is 20.6 Å². The maximum atomic E-state index is 12.7. The van der Waals surface area contributed by atoms with Crippen molar-refractivity contribution in [3.8, 4) is 5.75 Å². The summed E-state index contributed by atoms with van der Waals surface area (Å²) in [6, 6.07) is 12.1. The van der Waals surface area contributed by atoms with Crippen LogP contribution in [0.2, 0.25) is 0 Å². The van der Waals surface area contributed by atoms with Gasteiger partial charge in [-0.25, -0.2) is 4.98 Å². The van der Waals surface area contributed by atoms with Crippen LogP contribution in [0.5, 0.6) is 5.75 Å². The van der Waals surface area contributed by atoms with Crippen molar-refractivity contribution in [2.24, 2.45) is 0 Å². The molecule has 0 aliphatic heterocycles. The number of methoxy groups -OCH3 is 1. The van der Waals surface area contributed by atoms with Crippen molar-refractivity contribution in [3.63, 3.8) is 0 Å². The molecule has 0 fully saturated rings. The van der Waals surface area contributed by atoms with Crippen LogP contribution in [0, 0.1) is 10.1 Å². The molecule has 0 bridgehead atoms. The predicted molar refractivity (Wildman–Crippen MR) is 146 cm³/mol. The number of para-hydroxylation sites is 1. The first-order chi connectivity index (χ1) is 17.0. The maximum absolute atomic E-state index is 12.7. The first-order valence-corrected chi connectivity index (χ1v) is 13.8. The van der Waals surface area contributed by atoms with Crippen LogP contribution in [0.15, 0.2) is 48.7 Å². The molecule has 11 nitrogen and oxygen atoms in total. The minimum atomic E-state index is -2.52. The van der Waals surface area contributed by atoms with Crippen LogP contribution in [-0.2, 0) is 4.57 Å². The highest BCUT2D eigenvalue weighted by Crippen LogP contribution is 2.40. The second kappa shape index (κ2) is 11.4. The number of nitrogens with one attached hydrogen (secondary N) is 2. The smallest absolute Gasteiger partial charge is 0.294 e. The summed E-state index contributed by atoms with van der Waals surface area (Å²) in [7, 11) is 4.68. The zero-order valence-corrected chi connectivity index (χ0v) is 22.2. The van der Waals surface area contributed by atoms with Gasteiger partial charge in [0, 0.05) is 43.8 Å². The predicted octanol–water partition coefficient (Wildman–Crippen LogP) is 4.13. The Kier molecular flexibility index (Phi) is 8.49. The number of nitrogens with zero attached hydrogens (tertiary/aromatic N) is 5. The third-order valence-corrected chi connectivity index (χ3v) is 6.99. The number of nitro groups is 1. The van der Waals surface area contributed by atoms with Crippen molar-refractivity contribution in [1.29, 1.82) is 0 Å². The van der Waals surface area contributed by atoms with Gasteiger partial charge in [0.2, 0.25) is 5.95 Å². The van der Waals surface area contributed by atoms with E-state index in [-0.39, 0.29) is 11.6 Å². The van der Waals surface area contributed by atoms with Gasteiger partial charge in [0.15, 0.2) is 0 Å². The third kappa shape index (κ3) is 6.71. The van der Waals surface area contributed by atoms with E-state index in [0.717, 1.165) is 6.54 Å². The first-order valence-electron chi connectivity index (χ1n) is 11.2. The van der Waals surface area contributed by atoms with Crippen molar-refractivity contribution in [2.45, 2.75) is 0 Å². The highest BCUT2D eigenvalue weighted by molar-refractivity contribution is 7.70. The molecule has 0 aliphatic rings. The van der Waals surface area contributed by atoms with Crippen molar-refractivity contribution in [3.05, 3.63) is 58.8 Å². The second-order valence-electron chi connectivity index (χ2n) is 8.91. The molecule has 0 radical (unpaired) electrons. The first kappa shape index (κ1) is 26.9. The van der Waals surface area contributed by atoms with E-state index in [1.807, 2.05) is 48.2 Å². The summed E-state index contributed by atoms with van der Waals surface area (Å²) in [6.45, 7) is 4.76. The van der Waals surface area contributed by atoms with Gasteiger partial charge in [-0.05, 0) is 45.6 Å². The van der Waals surface area contributed by atoms with Crippen LogP contribution in [0.4, 0.5) is 34.5 Å². The number of aromatic nitrogens is 2. The molecule has 0 amide bonds. The normalized spacial score (nSPS) is 11.3. The minimum Gasteiger partial charge on any atom is -0.494 e. The topological polar surface area (TPSA) is 126 Å². The lowest BCUT2D eigenvalue weighted by Crippen LogP contribution is -2.28. The number of hydrogen-bond donors (Lipinski definition) is 2. The number of likely N-dealkylation sites (N-methyl/N-ethyl adjacent to an activating group) is 2. The summed E-state index contributed by atoms with van der Waals surface area (Å²) in [5, 5.41) is 18.8. The van der Waals surface area contributed by atoms with Gasteiger partial charge in [-0.15, -0.1) is 0 Å². The van der Waals surface area contributed by atoms with Gasteiger partial charge in [0.25, 0.3) is 5.69 Å². The van der Waals surface area contributed by atoms with Gasteiger partial charge in [0.1, 0.15) is 24.4 Å². The van der Waals surface area contributed by atoms with Crippen LogP contribution >= 0.6 is 7.14 Å². The molecular weight excluding hydrogens is 481 g/mol. The molecular formula is C24H32N7O4P. The van der Waals surface area contributed by atoms with Crippen molar-refractivity contribution in [2.75, 3.05) is 70.2 Å². The summed E-state index contributed by atoms with van der Waals surface area (Å²) in [4.78, 5) is 24.0. The van der Waals surface area contributed by atoms with E-state index in [1.165, 1.54) is 13.2 Å². The number of rotatable bonds is 11. The van der Waals surface area contributed by atoms with Crippen LogP contribution in [0.1, 0.15) is 0 Å². The number of anilines is 5. The lowest BCUT2D eigenvalue weighted by molar-refractivity contribution is -0.384. The van der Waals surface area contributed by atoms with Gasteiger partial charge >= 0.3 is 0 Å². The lowest BCUT2D eigenvalue weighted by atomic mass is 10.2. The molecule has 0 spiro atoms. The Balaban J connectivity index is 1.92. The minimum absolute atomic E-state index is 0.0654. The highest BCUT2D eigenvalue weighted by Gasteiger charge is 2.22. The van der Waals surface area contributed by atoms with Crippen molar-refractivity contribution in [1.82, 2.24) is 14.9 Å². The Labute approximate surface area is 211 Å². The molecule has 36 heavy (non-hydrogen) atoms. The Morgan fingerprint density at radius 2 is 1.78 bits per heavy atom. The second-order valence-corrected chi connectivity index (χ2v) is 12.1. The van der Waals surface area contributed by atoms with Gasteiger partial charge < -0.3 is 29.7 Å². The highest BCUT2D eigenvalue weighted by atomic mass is 31.2. The number of nitro benzene ring substituents is 1. The number of benzene rings is 2. The average molecular weight is 514 g/mol. The molecule has 0 aliphatic carbocycles. The molecule has 0 unspecified atom stereocenters. The monoisotopic (exact) mass is 513 g/mol. The van der Waals surface area contributed by atoms with E-state index < -0.39 is 12.1 Å². The summed E-state index contributed by atoms with van der Waals surface area (Å²) in [6.07, 6.45) is 1.56. The molecule has 0 atom stereocenters. The van der Waals surface area contributed by atoms with E-state index in [0.29, 0.717) is 40.5 Å². The number of ether oxygens (including phenoxy) is 1. The summed E-state index contributed by atoms with van der Waals surface area (Å²) >= 11 is 0. The molecule has 1 heterocycles. The Morgan fingerprint density at radius 3 is 2.42 bits per heavy atom. The zero-order chi connectivity index (χ0) is 26.5. The van der Waals surface area contributed by atoms with Crippen molar-refractivity contribution < 1.29 is 14.2 Å². The van der Waals surface area contributed by atoms with Gasteiger partial charge in [0.05, 0.1) is 23.4 Å². The van der Waals surface area contributed by atoms with Gasteiger partial charge in [-0.1, -0.05) is 12.1 Å². The SMILES string of the molecule is COc1cc(N(C)CCN(C)C)c([N+](=O)[O-])cc1Nc1nccc(Nc2ccccc2P(C)(C)=O)n1. The molecule has 3 rings (SSSR count). The Morgan fingerprint density at radius 1 is 1.06 bits per heavy atom. The van der Waals surface area contributed by atoms with E-state index in [1.54, 1.807) is 38.7 Å². The Hall–Kier alpha value is -3.69. The van der Waals surface area contributed by atoms with Gasteiger partial charge in [-0.2, -0.15) is 4.98 Å². The summed E-state index contributed by atoms with van der Waals surface area (Å²) in [5.41, 5.74) is 1.43. The van der Waals surface area contributed by atoms with Crippen LogP contribution in [-0.4, -0.2) is 74.5 Å². The molecule has 3 aromatic rings. The van der Waals surface area contributed by atoms with E-state index >= 15 is 0 Å². The van der Waals surface area contributed by atoms with E-state index in [4.69, 9.17) is 4.74 Å². The van der Waals surface area contributed by atoms with Crippen molar-refractivity contribution >= 4 is 47.0 Å². The molecule has 192 valence electrons. The fraction of sp³-hybridized carbons (Fsp3) is 0.333. The third-order valence-electron chi connectivity index (χ3n) is 5.44. The summed E-state index contributed by atoms with van der Waals surface area (Å²) < 4.78 is 18.2. The fourth-order valence-electron chi connectivity index (χ4n) is 3.54. The molecule has 0 saturated heterocycles. The fourth-order valence-corrected chi connectivity index (χ4v) is 4.70. The van der Waals surface area contributed by atoms with Crippen LogP contribution < -0.4 is 25.6 Å². The molecule has 2 aromatic carbocycles. The maximum Gasteiger partial charge on any atom is 0.294 e. The quantitative estimate of drug-likeness (QED) is 0.220. The standard InChI is InChI=1S/C24H32N7O4P/c1-29(2)13-14-30(3)19-16-21(35-4)18(15-20(19)31(32)33)27-24-25-12-11-23(28-24)26-17-9-7-8-10-22(17)36(5,6)34/h7-12,15-16H,13-14H2,1-6H3,(H2,25,26,27,28). The summed E-state index contributed by atoms with van der Waals surface area (Å²) in [5.74, 6) is 1.11. The zero-order valence-electron chi connectivity index (χ0n) is 21.3. The van der Waals surface area contributed by atoms with Crippen LogP contribution in [0.25, 0.3) is 0 Å². The Bertz CT molecular complexity index is 1280. The molecule has 12 heteroatoms. The van der Waals surface area contributed by atoms with Gasteiger partial charge in [-0.3, -0.25) is 10.1 Å². The number of hydrogen-bond acceptors (Lipinski definition) is 10. The molecule has 1 aromatic heterocycles. The van der Waals surface area contributed by atoms with Crippen LogP contribution in [0.3, 0.4) is 0 Å².